The Morgan fingerprint density at radius 2 is 2.29 bits per heavy atom. The fourth-order valence-electron chi connectivity index (χ4n) is 2.08. The molecule has 1 aromatic carbocycles. The van der Waals surface area contributed by atoms with Crippen LogP contribution in [0, 0.1) is 0 Å². The average molecular weight is 235 g/mol. The largest absolute Gasteiger partial charge is 0.508 e. The summed E-state index contributed by atoms with van der Waals surface area (Å²) >= 11 is 0. The standard InChI is InChI=1S/C12H17N3O2/c13-12(17)10-7-14-5-6-15(10)8-9-3-1-2-4-11(9)16/h1-4,10,14,16H,5-8H2,(H2,13,17). The summed E-state index contributed by atoms with van der Waals surface area (Å²) in [5.74, 6) is -0.0677. The van der Waals surface area contributed by atoms with Crippen molar-refractivity contribution in [3.8, 4) is 5.75 Å². The normalized spacial score (nSPS) is 21.3. The summed E-state index contributed by atoms with van der Waals surface area (Å²) in [6, 6.07) is 6.86. The van der Waals surface area contributed by atoms with Crippen molar-refractivity contribution in [2.24, 2.45) is 5.73 Å². The van der Waals surface area contributed by atoms with E-state index < -0.39 is 0 Å². The van der Waals surface area contributed by atoms with E-state index in [1.807, 2.05) is 17.0 Å². The minimum Gasteiger partial charge on any atom is -0.508 e. The first-order chi connectivity index (χ1) is 8.18. The quantitative estimate of drug-likeness (QED) is 0.669. The van der Waals surface area contributed by atoms with E-state index in [1.165, 1.54) is 0 Å². The van der Waals surface area contributed by atoms with Gasteiger partial charge in [-0.15, -0.1) is 0 Å². The molecule has 1 amide bonds. The van der Waals surface area contributed by atoms with Gasteiger partial charge in [-0.2, -0.15) is 0 Å². The van der Waals surface area contributed by atoms with Gasteiger partial charge in [-0.25, -0.2) is 0 Å². The Balaban J connectivity index is 2.11. The van der Waals surface area contributed by atoms with Crippen LogP contribution in [-0.4, -0.2) is 41.6 Å². The fraction of sp³-hybridized carbons (Fsp3) is 0.417. The second kappa shape index (κ2) is 5.16. The van der Waals surface area contributed by atoms with Gasteiger partial charge in [-0.1, -0.05) is 18.2 Å². The molecule has 0 aliphatic carbocycles. The number of rotatable bonds is 3. The molecule has 1 aliphatic heterocycles. The highest BCUT2D eigenvalue weighted by atomic mass is 16.3. The smallest absolute Gasteiger partial charge is 0.236 e. The summed E-state index contributed by atoms with van der Waals surface area (Å²) in [6.45, 7) is 2.70. The van der Waals surface area contributed by atoms with Gasteiger partial charge in [0.25, 0.3) is 0 Å². The third-order valence-electron chi connectivity index (χ3n) is 3.05. The summed E-state index contributed by atoms with van der Waals surface area (Å²) in [4.78, 5) is 13.3. The molecule has 1 fully saturated rings. The SMILES string of the molecule is NC(=O)C1CNCCN1Cc1ccccc1O. The summed E-state index contributed by atoms with van der Waals surface area (Å²) < 4.78 is 0. The van der Waals surface area contributed by atoms with Crippen LogP contribution in [0.25, 0.3) is 0 Å². The number of hydrogen-bond acceptors (Lipinski definition) is 4. The third-order valence-corrected chi connectivity index (χ3v) is 3.05. The minimum atomic E-state index is -0.326. The molecule has 1 aromatic rings. The predicted molar refractivity (Wildman–Crippen MR) is 64.4 cm³/mol. The number of nitrogens with zero attached hydrogens (tertiary/aromatic N) is 1. The lowest BCUT2D eigenvalue weighted by atomic mass is 10.1. The molecule has 92 valence electrons. The van der Waals surface area contributed by atoms with Gasteiger partial charge in [-0.3, -0.25) is 9.69 Å². The molecule has 1 aliphatic rings. The Hall–Kier alpha value is -1.59. The van der Waals surface area contributed by atoms with Gasteiger partial charge < -0.3 is 16.2 Å². The topological polar surface area (TPSA) is 78.6 Å². The van der Waals surface area contributed by atoms with Gasteiger partial charge in [0.15, 0.2) is 0 Å². The van der Waals surface area contributed by atoms with Gasteiger partial charge in [0.1, 0.15) is 11.8 Å². The number of carbonyl (C=O) groups is 1. The first-order valence-electron chi connectivity index (χ1n) is 5.69. The maximum atomic E-state index is 11.3. The van der Waals surface area contributed by atoms with E-state index in [-0.39, 0.29) is 17.7 Å². The predicted octanol–water partition coefficient (Wildman–Crippen LogP) is -0.349. The van der Waals surface area contributed by atoms with Crippen molar-refractivity contribution in [1.29, 1.82) is 0 Å². The van der Waals surface area contributed by atoms with Crippen molar-refractivity contribution in [3.63, 3.8) is 0 Å². The summed E-state index contributed by atoms with van der Waals surface area (Å²) in [5, 5.41) is 12.8. The van der Waals surface area contributed by atoms with Gasteiger partial charge in [0.05, 0.1) is 0 Å². The molecular weight excluding hydrogens is 218 g/mol. The molecule has 2 rings (SSSR count). The van der Waals surface area contributed by atoms with Crippen molar-refractivity contribution in [1.82, 2.24) is 10.2 Å². The van der Waals surface area contributed by atoms with Gasteiger partial charge in [0, 0.05) is 31.7 Å². The number of primary amides is 1. The number of carbonyl (C=O) groups excluding carboxylic acids is 1. The number of amides is 1. The van der Waals surface area contributed by atoms with Crippen LogP contribution in [0.2, 0.25) is 0 Å². The molecular formula is C12H17N3O2. The molecule has 1 heterocycles. The van der Waals surface area contributed by atoms with E-state index in [9.17, 15) is 9.90 Å². The van der Waals surface area contributed by atoms with E-state index >= 15 is 0 Å². The molecule has 0 bridgehead atoms. The van der Waals surface area contributed by atoms with Crippen LogP contribution in [-0.2, 0) is 11.3 Å². The van der Waals surface area contributed by atoms with E-state index in [0.717, 1.165) is 18.7 Å². The molecule has 4 N–H and O–H groups in total. The Kier molecular flexibility index (Phi) is 3.61. The lowest BCUT2D eigenvalue weighted by molar-refractivity contribution is -0.124. The zero-order chi connectivity index (χ0) is 12.3. The van der Waals surface area contributed by atoms with E-state index in [4.69, 9.17) is 5.73 Å². The number of phenols is 1. The highest BCUT2D eigenvalue weighted by Gasteiger charge is 2.26. The number of aromatic hydroxyl groups is 1. The number of nitrogens with one attached hydrogen (secondary N) is 1. The maximum Gasteiger partial charge on any atom is 0.236 e. The fourth-order valence-corrected chi connectivity index (χ4v) is 2.08. The molecule has 0 aromatic heterocycles. The minimum absolute atomic E-state index is 0.259. The van der Waals surface area contributed by atoms with Crippen molar-refractivity contribution in [3.05, 3.63) is 29.8 Å². The molecule has 1 atom stereocenters. The number of nitrogens with two attached hydrogens (primary N) is 1. The summed E-state index contributed by atoms with van der Waals surface area (Å²) in [5.41, 5.74) is 6.19. The lowest BCUT2D eigenvalue weighted by Gasteiger charge is -2.34. The molecule has 5 nitrogen and oxygen atoms in total. The van der Waals surface area contributed by atoms with Crippen molar-refractivity contribution in [2.75, 3.05) is 19.6 Å². The maximum absolute atomic E-state index is 11.3. The van der Waals surface area contributed by atoms with Crippen LogP contribution in [0.4, 0.5) is 0 Å². The van der Waals surface area contributed by atoms with Crippen LogP contribution in [0.15, 0.2) is 24.3 Å². The lowest BCUT2D eigenvalue weighted by Crippen LogP contribution is -2.56. The number of phenolic OH excluding ortho intramolecular Hbond substituents is 1. The molecule has 17 heavy (non-hydrogen) atoms. The Labute approximate surface area is 100 Å². The molecule has 5 heteroatoms. The van der Waals surface area contributed by atoms with Crippen molar-refractivity contribution in [2.45, 2.75) is 12.6 Å². The zero-order valence-corrected chi connectivity index (χ0v) is 9.60. The van der Waals surface area contributed by atoms with Gasteiger partial charge in [-0.05, 0) is 6.07 Å². The van der Waals surface area contributed by atoms with Crippen molar-refractivity contribution >= 4 is 5.91 Å². The van der Waals surface area contributed by atoms with Crippen LogP contribution in [0.5, 0.6) is 5.75 Å². The molecule has 0 saturated carbocycles. The molecule has 1 unspecified atom stereocenters. The number of para-hydroxylation sites is 1. The average Bonchev–Trinajstić information content (AvgIpc) is 2.32. The first kappa shape index (κ1) is 11.9. The van der Waals surface area contributed by atoms with Gasteiger partial charge in [0.2, 0.25) is 5.91 Å². The Morgan fingerprint density at radius 3 is 3.00 bits per heavy atom. The zero-order valence-electron chi connectivity index (χ0n) is 9.60. The van der Waals surface area contributed by atoms with Crippen LogP contribution >= 0.6 is 0 Å². The molecule has 0 spiro atoms. The number of benzene rings is 1. The van der Waals surface area contributed by atoms with E-state index in [2.05, 4.69) is 5.32 Å². The van der Waals surface area contributed by atoms with Crippen LogP contribution in [0.1, 0.15) is 5.56 Å². The second-order valence-corrected chi connectivity index (χ2v) is 4.22. The first-order valence-corrected chi connectivity index (χ1v) is 5.69. The monoisotopic (exact) mass is 235 g/mol. The second-order valence-electron chi connectivity index (χ2n) is 4.22. The van der Waals surface area contributed by atoms with Crippen LogP contribution in [0.3, 0.4) is 0 Å². The van der Waals surface area contributed by atoms with E-state index in [0.29, 0.717) is 13.1 Å². The van der Waals surface area contributed by atoms with Gasteiger partial charge >= 0.3 is 0 Å². The highest BCUT2D eigenvalue weighted by molar-refractivity contribution is 5.80. The Bertz CT molecular complexity index is 408. The Morgan fingerprint density at radius 1 is 1.53 bits per heavy atom. The molecule has 1 saturated heterocycles. The van der Waals surface area contributed by atoms with Crippen LogP contribution < -0.4 is 11.1 Å². The highest BCUT2D eigenvalue weighted by Crippen LogP contribution is 2.19. The van der Waals surface area contributed by atoms with Crippen molar-refractivity contribution < 1.29 is 9.90 Å². The summed E-state index contributed by atoms with van der Waals surface area (Å²) in [6.07, 6.45) is 0. The summed E-state index contributed by atoms with van der Waals surface area (Å²) in [7, 11) is 0. The molecule has 0 radical (unpaired) electrons. The van der Waals surface area contributed by atoms with E-state index in [1.54, 1.807) is 12.1 Å². The number of hydrogen-bond donors (Lipinski definition) is 3. The third kappa shape index (κ3) is 2.75. The number of piperazine rings is 1.